The quantitative estimate of drug-likeness (QED) is 0.405. The van der Waals surface area contributed by atoms with Crippen LogP contribution < -0.4 is 19.5 Å². The number of hydrogen-bond acceptors (Lipinski definition) is 6. The standard InChI is InChI=1S/C27H28N2O6S/c1-2-21(16-30)29-36(32,33)23-9-6-18(7-10-23)19-4-3-5-22(14-19)28-26(31)27(12-13-27)20-8-11-24-25(15-20)35-17-34-24/h3-11,14-15,21,29-30H,2,12-13,16-17H2,1H3,(H,28,31)/t21-/m0/s1. The number of sulfonamides is 1. The zero-order chi connectivity index (χ0) is 25.3. The van der Waals surface area contributed by atoms with Gasteiger partial charge in [-0.2, -0.15) is 0 Å². The maximum atomic E-state index is 13.3. The molecule has 5 rings (SSSR count). The summed E-state index contributed by atoms with van der Waals surface area (Å²) >= 11 is 0. The summed E-state index contributed by atoms with van der Waals surface area (Å²) in [6.07, 6.45) is 2.01. The lowest BCUT2D eigenvalue weighted by Gasteiger charge is -2.17. The molecule has 0 bridgehead atoms. The van der Waals surface area contributed by atoms with Crippen molar-refractivity contribution in [3.63, 3.8) is 0 Å². The molecule has 1 saturated carbocycles. The Hall–Kier alpha value is -3.40. The van der Waals surface area contributed by atoms with Gasteiger partial charge in [0, 0.05) is 11.7 Å². The summed E-state index contributed by atoms with van der Waals surface area (Å²) in [7, 11) is -3.73. The van der Waals surface area contributed by atoms with Crippen LogP contribution in [0, 0.1) is 0 Å². The van der Waals surface area contributed by atoms with E-state index in [1.165, 1.54) is 12.1 Å². The Labute approximate surface area is 210 Å². The van der Waals surface area contributed by atoms with E-state index in [0.29, 0.717) is 23.6 Å². The summed E-state index contributed by atoms with van der Waals surface area (Å²) in [6.45, 7) is 1.73. The van der Waals surface area contributed by atoms with Crippen LogP contribution in [0.25, 0.3) is 11.1 Å². The van der Waals surface area contributed by atoms with E-state index in [-0.39, 0.29) is 24.2 Å². The number of hydrogen-bond donors (Lipinski definition) is 3. The topological polar surface area (TPSA) is 114 Å². The fourth-order valence-corrected chi connectivity index (χ4v) is 5.67. The number of anilines is 1. The first-order chi connectivity index (χ1) is 17.3. The molecule has 9 heteroatoms. The molecule has 0 unspecified atom stereocenters. The maximum absolute atomic E-state index is 13.3. The summed E-state index contributed by atoms with van der Waals surface area (Å²) in [6, 6.07) is 19.1. The van der Waals surface area contributed by atoms with Crippen molar-refractivity contribution in [1.29, 1.82) is 0 Å². The Balaban J connectivity index is 1.31. The van der Waals surface area contributed by atoms with E-state index in [1.807, 2.05) is 42.5 Å². The normalized spacial score (nSPS) is 16.4. The van der Waals surface area contributed by atoms with E-state index in [1.54, 1.807) is 19.1 Å². The highest BCUT2D eigenvalue weighted by Gasteiger charge is 2.51. The van der Waals surface area contributed by atoms with Crippen LogP contribution in [0.4, 0.5) is 5.69 Å². The molecule has 0 spiro atoms. The van der Waals surface area contributed by atoms with Crippen molar-refractivity contribution in [2.75, 3.05) is 18.7 Å². The number of rotatable bonds is 9. The zero-order valence-corrected chi connectivity index (χ0v) is 20.7. The number of fused-ring (bicyclic) bond motifs is 1. The lowest BCUT2D eigenvalue weighted by Crippen LogP contribution is -2.36. The molecule has 0 radical (unpaired) electrons. The molecule has 8 nitrogen and oxygen atoms in total. The number of aliphatic hydroxyl groups is 1. The Bertz CT molecular complexity index is 1380. The number of amides is 1. The fraction of sp³-hybridized carbons (Fsp3) is 0.296. The number of carbonyl (C=O) groups excluding carboxylic acids is 1. The third kappa shape index (κ3) is 4.69. The molecule has 1 heterocycles. The van der Waals surface area contributed by atoms with Gasteiger partial charge < -0.3 is 19.9 Å². The molecule has 36 heavy (non-hydrogen) atoms. The summed E-state index contributed by atoms with van der Waals surface area (Å²) in [4.78, 5) is 13.4. The van der Waals surface area contributed by atoms with Crippen molar-refractivity contribution in [1.82, 2.24) is 4.72 Å². The first kappa shape index (κ1) is 24.3. The molecule has 0 aromatic heterocycles. The minimum atomic E-state index is -3.73. The van der Waals surface area contributed by atoms with Crippen molar-refractivity contribution in [3.8, 4) is 22.6 Å². The average molecular weight is 509 g/mol. The molecule has 3 aromatic rings. The summed E-state index contributed by atoms with van der Waals surface area (Å²) in [5.41, 5.74) is 2.66. The maximum Gasteiger partial charge on any atom is 0.240 e. The first-order valence-electron chi connectivity index (χ1n) is 11.9. The predicted octanol–water partition coefficient (Wildman–Crippen LogP) is 3.80. The number of nitrogens with one attached hydrogen (secondary N) is 2. The Morgan fingerprint density at radius 2 is 1.75 bits per heavy atom. The summed E-state index contributed by atoms with van der Waals surface area (Å²) in [5.74, 6) is 1.28. The second kappa shape index (κ2) is 9.57. The van der Waals surface area contributed by atoms with E-state index in [0.717, 1.165) is 29.5 Å². The molecule has 1 fully saturated rings. The first-order valence-corrected chi connectivity index (χ1v) is 13.4. The number of aliphatic hydroxyl groups excluding tert-OH is 1. The van der Waals surface area contributed by atoms with Crippen LogP contribution in [0.3, 0.4) is 0 Å². The van der Waals surface area contributed by atoms with Crippen LogP contribution in [0.2, 0.25) is 0 Å². The van der Waals surface area contributed by atoms with Crippen LogP contribution in [0.15, 0.2) is 71.6 Å². The van der Waals surface area contributed by atoms with Crippen molar-refractivity contribution < 1.29 is 27.8 Å². The van der Waals surface area contributed by atoms with Gasteiger partial charge in [0.25, 0.3) is 0 Å². The third-order valence-corrected chi connectivity index (χ3v) is 8.30. The van der Waals surface area contributed by atoms with Gasteiger partial charge in [0.15, 0.2) is 11.5 Å². The number of ether oxygens (including phenoxy) is 2. The largest absolute Gasteiger partial charge is 0.454 e. The molecule has 1 aliphatic heterocycles. The van der Waals surface area contributed by atoms with Crippen LogP contribution >= 0.6 is 0 Å². The van der Waals surface area contributed by atoms with Gasteiger partial charge in [0.1, 0.15) is 0 Å². The second-order valence-electron chi connectivity index (χ2n) is 9.12. The molecular weight excluding hydrogens is 480 g/mol. The smallest absolute Gasteiger partial charge is 0.240 e. The van der Waals surface area contributed by atoms with Gasteiger partial charge in [-0.1, -0.05) is 37.3 Å². The van der Waals surface area contributed by atoms with Crippen molar-refractivity contribution in [3.05, 3.63) is 72.3 Å². The molecule has 3 aromatic carbocycles. The minimum absolute atomic E-state index is 0.0691. The van der Waals surface area contributed by atoms with Gasteiger partial charge in [0.2, 0.25) is 22.7 Å². The van der Waals surface area contributed by atoms with Crippen LogP contribution in [0.5, 0.6) is 11.5 Å². The van der Waals surface area contributed by atoms with Crippen LogP contribution in [-0.2, 0) is 20.2 Å². The van der Waals surface area contributed by atoms with Gasteiger partial charge in [-0.25, -0.2) is 13.1 Å². The molecule has 188 valence electrons. The number of carbonyl (C=O) groups is 1. The highest BCUT2D eigenvalue weighted by atomic mass is 32.2. The average Bonchev–Trinajstić information content (AvgIpc) is 3.58. The van der Waals surface area contributed by atoms with Crippen LogP contribution in [0.1, 0.15) is 31.7 Å². The van der Waals surface area contributed by atoms with Gasteiger partial charge in [0.05, 0.1) is 16.9 Å². The monoisotopic (exact) mass is 508 g/mol. The van der Waals surface area contributed by atoms with Crippen molar-refractivity contribution in [2.24, 2.45) is 0 Å². The molecular formula is C27H28N2O6S. The Morgan fingerprint density at radius 3 is 2.44 bits per heavy atom. The van der Waals surface area contributed by atoms with Crippen molar-refractivity contribution in [2.45, 2.75) is 42.5 Å². The van der Waals surface area contributed by atoms with Crippen LogP contribution in [-0.4, -0.2) is 38.9 Å². The van der Waals surface area contributed by atoms with Gasteiger partial charge >= 0.3 is 0 Å². The summed E-state index contributed by atoms with van der Waals surface area (Å²) in [5, 5.41) is 12.4. The van der Waals surface area contributed by atoms with Crippen molar-refractivity contribution >= 4 is 21.6 Å². The molecule has 1 atom stereocenters. The highest BCUT2D eigenvalue weighted by Crippen LogP contribution is 2.51. The lowest BCUT2D eigenvalue weighted by atomic mass is 9.94. The minimum Gasteiger partial charge on any atom is -0.454 e. The fourth-order valence-electron chi connectivity index (χ4n) is 4.36. The highest BCUT2D eigenvalue weighted by molar-refractivity contribution is 7.89. The third-order valence-electron chi connectivity index (χ3n) is 6.76. The molecule has 2 aliphatic rings. The lowest BCUT2D eigenvalue weighted by molar-refractivity contribution is -0.118. The second-order valence-corrected chi connectivity index (χ2v) is 10.8. The Morgan fingerprint density at radius 1 is 1.00 bits per heavy atom. The van der Waals surface area contributed by atoms with E-state index < -0.39 is 21.5 Å². The zero-order valence-electron chi connectivity index (χ0n) is 19.9. The molecule has 3 N–H and O–H groups in total. The molecule has 1 aliphatic carbocycles. The van der Waals surface area contributed by atoms with E-state index in [9.17, 15) is 18.3 Å². The van der Waals surface area contributed by atoms with Gasteiger partial charge in [-0.3, -0.25) is 4.79 Å². The van der Waals surface area contributed by atoms with Gasteiger partial charge in [-0.05, 0) is 72.4 Å². The molecule has 0 saturated heterocycles. The van der Waals surface area contributed by atoms with Gasteiger partial charge in [-0.15, -0.1) is 0 Å². The van der Waals surface area contributed by atoms with E-state index in [4.69, 9.17) is 9.47 Å². The molecule has 1 amide bonds. The van der Waals surface area contributed by atoms with E-state index in [2.05, 4.69) is 10.0 Å². The Kier molecular flexibility index (Phi) is 6.46. The van der Waals surface area contributed by atoms with E-state index >= 15 is 0 Å². The number of benzene rings is 3. The predicted molar refractivity (Wildman–Crippen MR) is 135 cm³/mol. The summed E-state index contributed by atoms with van der Waals surface area (Å²) < 4.78 is 38.5. The SMILES string of the molecule is CC[C@@H](CO)NS(=O)(=O)c1ccc(-c2cccc(NC(=O)C3(c4ccc5c(c4)OCO5)CC3)c2)cc1.